The van der Waals surface area contributed by atoms with Crippen LogP contribution in [0.2, 0.25) is 0 Å². The number of anilines is 1. The molecule has 8 nitrogen and oxygen atoms in total. The number of aromatic nitrogens is 1. The van der Waals surface area contributed by atoms with E-state index in [0.29, 0.717) is 5.69 Å². The molecule has 1 rings (SSSR count). The average Bonchev–Trinajstić information content (AvgIpc) is 2.28. The largest absolute Gasteiger partial charge is 0.398 e. The van der Waals surface area contributed by atoms with Crippen molar-refractivity contribution in [2.75, 3.05) is 25.1 Å². The number of amides is 1. The van der Waals surface area contributed by atoms with Gasteiger partial charge >= 0.3 is 0 Å². The number of hydrogen-bond donors (Lipinski definition) is 3. The van der Waals surface area contributed by atoms with E-state index in [2.05, 4.69) is 10.0 Å². The summed E-state index contributed by atoms with van der Waals surface area (Å²) >= 11 is 0. The van der Waals surface area contributed by atoms with E-state index in [4.69, 9.17) is 5.73 Å². The minimum Gasteiger partial charge on any atom is -0.398 e. The lowest BCUT2D eigenvalue weighted by Crippen LogP contribution is -2.37. The van der Waals surface area contributed by atoms with Crippen molar-refractivity contribution in [2.24, 2.45) is 0 Å². The Bertz CT molecular complexity index is 608. The van der Waals surface area contributed by atoms with Crippen LogP contribution in [0.15, 0.2) is 23.1 Å². The molecule has 1 aromatic rings. The number of nitrogens with zero attached hydrogens (tertiary/aromatic N) is 1. The number of carbonyl (C=O) groups is 1. The highest BCUT2D eigenvalue weighted by molar-refractivity contribution is 7.88. The molecular formula is C10H16N4O4S. The standard InChI is InChI=1S/C10H16N4O4S/c1-19(17,18)13-5-4-12-9(15)7-14-6-8(11)2-3-10(14)16/h2-3,6,13H,4-5,7,11H2,1H3,(H,12,15). The van der Waals surface area contributed by atoms with E-state index in [-0.39, 0.29) is 25.2 Å². The number of nitrogens with two attached hydrogens (primary N) is 1. The van der Waals surface area contributed by atoms with Gasteiger partial charge in [-0.05, 0) is 6.07 Å². The zero-order valence-corrected chi connectivity index (χ0v) is 11.2. The number of nitrogen functional groups attached to an aromatic ring is 1. The minimum absolute atomic E-state index is 0.0937. The molecule has 0 aliphatic rings. The molecule has 0 fully saturated rings. The van der Waals surface area contributed by atoms with Crippen LogP contribution in [-0.2, 0) is 21.4 Å². The lowest BCUT2D eigenvalue weighted by Gasteiger charge is -2.08. The van der Waals surface area contributed by atoms with E-state index in [1.807, 2.05) is 0 Å². The summed E-state index contributed by atoms with van der Waals surface area (Å²) in [7, 11) is -3.27. The third-order valence-corrected chi connectivity index (χ3v) is 2.86. The predicted octanol–water partition coefficient (Wildman–Crippen LogP) is -1.90. The Morgan fingerprint density at radius 2 is 2.05 bits per heavy atom. The number of sulfonamides is 1. The quantitative estimate of drug-likeness (QED) is 0.527. The second-order valence-electron chi connectivity index (χ2n) is 3.95. The summed E-state index contributed by atoms with van der Waals surface area (Å²) in [6.07, 6.45) is 2.40. The van der Waals surface area contributed by atoms with Gasteiger partial charge in [-0.15, -0.1) is 0 Å². The molecule has 1 heterocycles. The van der Waals surface area contributed by atoms with Crippen molar-refractivity contribution in [1.82, 2.24) is 14.6 Å². The predicted molar refractivity (Wildman–Crippen MR) is 71.0 cm³/mol. The van der Waals surface area contributed by atoms with E-state index in [9.17, 15) is 18.0 Å². The Labute approximate surface area is 110 Å². The Hall–Kier alpha value is -1.87. The number of hydrogen-bond acceptors (Lipinski definition) is 5. The molecule has 4 N–H and O–H groups in total. The lowest BCUT2D eigenvalue weighted by atomic mass is 10.4. The van der Waals surface area contributed by atoms with Crippen LogP contribution in [-0.4, -0.2) is 38.2 Å². The second-order valence-corrected chi connectivity index (χ2v) is 5.78. The van der Waals surface area contributed by atoms with Crippen LogP contribution < -0.4 is 21.3 Å². The summed E-state index contributed by atoms with van der Waals surface area (Å²) in [4.78, 5) is 22.9. The van der Waals surface area contributed by atoms with Crippen LogP contribution in [0.5, 0.6) is 0 Å². The monoisotopic (exact) mass is 288 g/mol. The molecule has 0 saturated heterocycles. The van der Waals surface area contributed by atoms with Gasteiger partial charge in [-0.1, -0.05) is 0 Å². The molecule has 0 atom stereocenters. The first-order valence-corrected chi connectivity index (χ1v) is 7.34. The molecule has 0 spiro atoms. The van der Waals surface area contributed by atoms with Crippen LogP contribution >= 0.6 is 0 Å². The highest BCUT2D eigenvalue weighted by atomic mass is 32.2. The van der Waals surface area contributed by atoms with Crippen molar-refractivity contribution in [3.63, 3.8) is 0 Å². The van der Waals surface area contributed by atoms with Crippen molar-refractivity contribution < 1.29 is 13.2 Å². The molecule has 0 aromatic carbocycles. The molecular weight excluding hydrogens is 272 g/mol. The third kappa shape index (κ3) is 6.02. The fourth-order valence-electron chi connectivity index (χ4n) is 1.32. The van der Waals surface area contributed by atoms with Crippen LogP contribution in [0.4, 0.5) is 5.69 Å². The molecule has 0 unspecified atom stereocenters. The Morgan fingerprint density at radius 3 is 2.68 bits per heavy atom. The SMILES string of the molecule is CS(=O)(=O)NCCNC(=O)Cn1cc(N)ccc1=O. The molecule has 0 saturated carbocycles. The molecule has 1 aromatic heterocycles. The van der Waals surface area contributed by atoms with E-state index < -0.39 is 15.9 Å². The van der Waals surface area contributed by atoms with Gasteiger partial charge in [0.05, 0.1) is 6.26 Å². The topological polar surface area (TPSA) is 123 Å². The molecule has 0 bridgehead atoms. The van der Waals surface area contributed by atoms with Crippen LogP contribution in [0.3, 0.4) is 0 Å². The molecule has 19 heavy (non-hydrogen) atoms. The van der Waals surface area contributed by atoms with Crippen molar-refractivity contribution in [1.29, 1.82) is 0 Å². The highest BCUT2D eigenvalue weighted by Gasteiger charge is 2.05. The minimum atomic E-state index is -3.27. The summed E-state index contributed by atoms with van der Waals surface area (Å²) in [5.74, 6) is -0.400. The van der Waals surface area contributed by atoms with Gasteiger partial charge < -0.3 is 15.6 Å². The maximum absolute atomic E-state index is 11.5. The first kappa shape index (κ1) is 15.2. The van der Waals surface area contributed by atoms with E-state index in [0.717, 1.165) is 6.26 Å². The van der Waals surface area contributed by atoms with E-state index in [1.165, 1.54) is 22.9 Å². The van der Waals surface area contributed by atoms with Gasteiger partial charge in [-0.2, -0.15) is 0 Å². The number of carbonyl (C=O) groups excluding carboxylic acids is 1. The molecule has 1 amide bonds. The first-order valence-electron chi connectivity index (χ1n) is 5.45. The molecule has 0 aliphatic carbocycles. The summed E-state index contributed by atoms with van der Waals surface area (Å²) in [5, 5.41) is 2.48. The summed E-state index contributed by atoms with van der Waals surface area (Å²) in [6.45, 7) is 0.0715. The second kappa shape index (κ2) is 6.34. The van der Waals surface area contributed by atoms with Crippen molar-refractivity contribution in [3.8, 4) is 0 Å². The first-order chi connectivity index (χ1) is 8.78. The zero-order valence-electron chi connectivity index (χ0n) is 10.4. The number of nitrogens with one attached hydrogen (secondary N) is 2. The average molecular weight is 288 g/mol. The Morgan fingerprint density at radius 1 is 1.37 bits per heavy atom. The normalized spacial score (nSPS) is 11.2. The van der Waals surface area contributed by atoms with Crippen molar-refractivity contribution in [2.45, 2.75) is 6.54 Å². The van der Waals surface area contributed by atoms with E-state index >= 15 is 0 Å². The molecule has 0 radical (unpaired) electrons. The summed E-state index contributed by atoms with van der Waals surface area (Å²) < 4.78 is 24.9. The number of pyridine rings is 1. The van der Waals surface area contributed by atoms with Crippen molar-refractivity contribution >= 4 is 21.6 Å². The van der Waals surface area contributed by atoms with Gasteiger partial charge in [0.15, 0.2) is 0 Å². The van der Waals surface area contributed by atoms with Gasteiger partial charge in [0.25, 0.3) is 5.56 Å². The highest BCUT2D eigenvalue weighted by Crippen LogP contribution is 1.95. The van der Waals surface area contributed by atoms with Gasteiger partial charge in [0.1, 0.15) is 6.54 Å². The van der Waals surface area contributed by atoms with Gasteiger partial charge in [-0.25, -0.2) is 13.1 Å². The van der Waals surface area contributed by atoms with Gasteiger partial charge in [-0.3, -0.25) is 9.59 Å². The Balaban J connectivity index is 2.43. The van der Waals surface area contributed by atoms with Crippen LogP contribution in [0, 0.1) is 0 Å². The van der Waals surface area contributed by atoms with Crippen molar-refractivity contribution in [3.05, 3.63) is 28.7 Å². The van der Waals surface area contributed by atoms with E-state index in [1.54, 1.807) is 0 Å². The summed E-state index contributed by atoms with van der Waals surface area (Å²) in [5.41, 5.74) is 5.55. The zero-order chi connectivity index (χ0) is 14.5. The van der Waals surface area contributed by atoms with Gasteiger partial charge in [0, 0.05) is 31.0 Å². The van der Waals surface area contributed by atoms with Crippen LogP contribution in [0.25, 0.3) is 0 Å². The molecule has 9 heteroatoms. The maximum Gasteiger partial charge on any atom is 0.251 e. The third-order valence-electron chi connectivity index (χ3n) is 2.13. The van der Waals surface area contributed by atoms with Crippen LogP contribution in [0.1, 0.15) is 0 Å². The smallest absolute Gasteiger partial charge is 0.251 e. The molecule has 0 aliphatic heterocycles. The Kier molecular flexibility index (Phi) is 5.07. The number of rotatable bonds is 6. The van der Waals surface area contributed by atoms with Gasteiger partial charge in [0.2, 0.25) is 15.9 Å². The maximum atomic E-state index is 11.5. The summed E-state index contributed by atoms with van der Waals surface area (Å²) in [6, 6.07) is 2.72. The fraction of sp³-hybridized carbons (Fsp3) is 0.400. The fourth-order valence-corrected chi connectivity index (χ4v) is 1.80. The molecule has 106 valence electrons. The lowest BCUT2D eigenvalue weighted by molar-refractivity contribution is -0.121.